The smallest absolute Gasteiger partial charge is 0.309 e. The molecule has 14 heteroatoms. The van der Waals surface area contributed by atoms with Crippen LogP contribution >= 0.6 is 67.8 Å². The molecule has 0 aromatic heterocycles. The average molecular weight is 1260 g/mol. The first-order chi connectivity index (χ1) is 31.0. The summed E-state index contributed by atoms with van der Waals surface area (Å²) in [5.74, 6) is -1.04. The largest absolute Gasteiger partial charge is 0.469 e. The molecule has 5 saturated carbocycles. The fourth-order valence-corrected chi connectivity index (χ4v) is 14.7. The average Bonchev–Trinajstić information content (AvgIpc) is 3.70. The van der Waals surface area contributed by atoms with Crippen LogP contribution < -0.4 is 0 Å². The summed E-state index contributed by atoms with van der Waals surface area (Å²) in [6, 6.07) is 0. The number of methoxy groups -OCH3 is 2. The van der Waals surface area contributed by atoms with Gasteiger partial charge in [0.1, 0.15) is 11.2 Å². The Hall–Kier alpha value is -1.41. The van der Waals surface area contributed by atoms with Gasteiger partial charge in [-0.25, -0.2) is 0 Å². The fourth-order valence-electron chi connectivity index (χ4n) is 14.7. The number of carbonyl (C=O) groups is 6. The maximum absolute atomic E-state index is 13.0. The van der Waals surface area contributed by atoms with Gasteiger partial charge in [-0.05, 0) is 130 Å². The second kappa shape index (κ2) is 21.5. The molecule has 5 unspecified atom stereocenters. The van der Waals surface area contributed by atoms with Gasteiger partial charge >= 0.3 is 23.9 Å². The number of ether oxygens (including phenoxy) is 4. The highest BCUT2D eigenvalue weighted by Gasteiger charge is 2.69. The summed E-state index contributed by atoms with van der Waals surface area (Å²) in [5, 5.41) is 11.6. The quantitative estimate of drug-likeness (QED) is 0.0887. The van der Waals surface area contributed by atoms with Crippen LogP contribution in [-0.4, -0.2) is 79.4 Å². The summed E-state index contributed by atoms with van der Waals surface area (Å²) in [6.07, 6.45) is 14.1. The van der Waals surface area contributed by atoms with Crippen LogP contribution in [-0.2, 0) is 47.7 Å². The Labute approximate surface area is 434 Å². The van der Waals surface area contributed by atoms with Crippen molar-refractivity contribution in [1.82, 2.24) is 0 Å². The minimum Gasteiger partial charge on any atom is -0.469 e. The molecule has 5 fully saturated rings. The van der Waals surface area contributed by atoms with Gasteiger partial charge in [0.15, 0.2) is 11.6 Å². The third-order valence-electron chi connectivity index (χ3n) is 18.7. The van der Waals surface area contributed by atoms with E-state index >= 15 is 0 Å². The van der Waals surface area contributed by atoms with Gasteiger partial charge in [-0.1, -0.05) is 132 Å². The zero-order valence-corrected chi connectivity index (χ0v) is 47.6. The minimum absolute atomic E-state index is 0.0636. The highest BCUT2D eigenvalue weighted by molar-refractivity contribution is 14.2. The summed E-state index contributed by atoms with van der Waals surface area (Å²) >= 11 is 6.70. The van der Waals surface area contributed by atoms with Crippen LogP contribution in [0.2, 0.25) is 0 Å². The first kappa shape index (κ1) is 55.5. The molecule has 11 nitrogen and oxygen atoms in total. The Morgan fingerprint density at radius 3 is 1.74 bits per heavy atom. The lowest BCUT2D eigenvalue weighted by Crippen LogP contribution is -2.62. The van der Waals surface area contributed by atoms with Crippen LogP contribution in [0.15, 0.2) is 34.9 Å². The number of hydrogen-bond donors (Lipinski definition) is 1. The number of aliphatic hydroxyl groups is 1. The summed E-state index contributed by atoms with van der Waals surface area (Å²) in [6.45, 7) is 16.4. The SMILES string of the molecule is CCC(=O)O[C@@]1(C)CCC2C3C(=CC[C@@]21C)[C@@]1(C)CCC(=O)C=C1C[C@H]3C(=O)OC.CCC(=O)O[C@@]1(C)CCC2C3C([C@H](O)C[C@@]21C)[C@@]1(C)CCC(=O)C=C1C[C@H]3C(=O)OC.CI.ICI. The lowest BCUT2D eigenvalue weighted by atomic mass is 9.43. The maximum Gasteiger partial charge on any atom is 0.309 e. The first-order valence-electron chi connectivity index (χ1n) is 24.0. The van der Waals surface area contributed by atoms with Gasteiger partial charge in [0.25, 0.3) is 0 Å². The maximum atomic E-state index is 13.0. The van der Waals surface area contributed by atoms with Crippen molar-refractivity contribution in [2.45, 2.75) is 163 Å². The van der Waals surface area contributed by atoms with Crippen LogP contribution in [0, 0.1) is 63.1 Å². The van der Waals surface area contributed by atoms with Crippen molar-refractivity contribution in [3.63, 3.8) is 0 Å². The molecule has 0 radical (unpaired) electrons. The van der Waals surface area contributed by atoms with Gasteiger partial charge in [-0.15, -0.1) is 0 Å². The summed E-state index contributed by atoms with van der Waals surface area (Å²) in [5.41, 5.74) is 1.06. The van der Waals surface area contributed by atoms with E-state index in [2.05, 4.69) is 108 Å². The van der Waals surface area contributed by atoms with E-state index in [1.54, 1.807) is 19.1 Å². The van der Waals surface area contributed by atoms with Gasteiger partial charge < -0.3 is 24.1 Å². The van der Waals surface area contributed by atoms with Crippen molar-refractivity contribution >= 4 is 103 Å². The molecule has 0 heterocycles. The molecular formula is C52H75I3O11. The van der Waals surface area contributed by atoms with E-state index in [4.69, 9.17) is 18.9 Å². The summed E-state index contributed by atoms with van der Waals surface area (Å²) in [4.78, 5) is 76.7. The number of rotatable bonds is 6. The third-order valence-corrected chi connectivity index (χ3v) is 18.7. The topological polar surface area (TPSA) is 160 Å². The zero-order valence-electron chi connectivity index (χ0n) is 41.1. The number of hydrogen-bond acceptors (Lipinski definition) is 11. The van der Waals surface area contributed by atoms with E-state index in [9.17, 15) is 33.9 Å². The molecule has 0 aromatic rings. The highest BCUT2D eigenvalue weighted by atomic mass is 127. The molecule has 0 aliphatic heterocycles. The monoisotopic (exact) mass is 1260 g/mol. The zero-order chi connectivity index (χ0) is 49.4. The molecule has 14 atom stereocenters. The lowest BCUT2D eigenvalue weighted by Gasteiger charge is -2.62. The van der Waals surface area contributed by atoms with Gasteiger partial charge in [0.2, 0.25) is 0 Å². The highest BCUT2D eigenvalue weighted by Crippen LogP contribution is 2.70. The number of fused-ring (bicyclic) bond motifs is 10. The number of ketones is 2. The molecule has 370 valence electrons. The van der Waals surface area contributed by atoms with E-state index in [-0.39, 0.29) is 87.2 Å². The molecule has 8 aliphatic carbocycles. The number of aliphatic hydroxyl groups excluding tert-OH is 1. The second-order valence-electron chi connectivity index (χ2n) is 21.3. The molecule has 0 aromatic carbocycles. The summed E-state index contributed by atoms with van der Waals surface area (Å²) < 4.78 is 23.7. The molecule has 8 rings (SSSR count). The second-order valence-corrected chi connectivity index (χ2v) is 25.7. The van der Waals surface area contributed by atoms with Crippen molar-refractivity contribution < 1.29 is 52.8 Å². The fraction of sp³-hybridized carbons (Fsp3) is 0.769. The predicted octanol–water partition coefficient (Wildman–Crippen LogP) is 11.0. The van der Waals surface area contributed by atoms with Crippen molar-refractivity contribution in [2.24, 2.45) is 63.1 Å². The van der Waals surface area contributed by atoms with Crippen LogP contribution in [0.1, 0.15) is 145 Å². The Kier molecular flexibility index (Phi) is 18.1. The Bertz CT molecular complexity index is 2000. The van der Waals surface area contributed by atoms with Crippen molar-refractivity contribution in [3.8, 4) is 0 Å². The van der Waals surface area contributed by atoms with E-state index < -0.39 is 28.6 Å². The lowest BCUT2D eigenvalue weighted by molar-refractivity contribution is -0.203. The van der Waals surface area contributed by atoms with Crippen LogP contribution in [0.5, 0.6) is 0 Å². The van der Waals surface area contributed by atoms with E-state index in [0.717, 1.165) is 49.7 Å². The number of halogens is 3. The van der Waals surface area contributed by atoms with Crippen LogP contribution in [0.3, 0.4) is 0 Å². The van der Waals surface area contributed by atoms with Crippen molar-refractivity contribution in [3.05, 3.63) is 34.9 Å². The molecular weight excluding hydrogens is 1180 g/mol. The normalized spacial score (nSPS) is 41.3. The predicted molar refractivity (Wildman–Crippen MR) is 279 cm³/mol. The van der Waals surface area contributed by atoms with Crippen molar-refractivity contribution in [1.29, 1.82) is 0 Å². The number of carbonyl (C=O) groups excluding carboxylic acids is 6. The Balaban J connectivity index is 0.000000226. The molecule has 1 N–H and O–H groups in total. The molecule has 0 bridgehead atoms. The minimum atomic E-state index is -0.670. The van der Waals surface area contributed by atoms with Gasteiger partial charge in [-0.3, -0.25) is 28.8 Å². The Morgan fingerprint density at radius 2 is 1.20 bits per heavy atom. The van der Waals surface area contributed by atoms with Crippen LogP contribution in [0.25, 0.3) is 0 Å². The van der Waals surface area contributed by atoms with Gasteiger partial charge in [0, 0.05) is 41.9 Å². The molecule has 8 aliphatic rings. The molecule has 0 amide bonds. The molecule has 0 spiro atoms. The van der Waals surface area contributed by atoms with E-state index in [0.29, 0.717) is 51.4 Å². The number of alkyl halides is 3. The Morgan fingerprint density at radius 1 is 0.712 bits per heavy atom. The number of allylic oxidation sites excluding steroid dienone is 5. The standard InChI is InChI=1S/C25H36O6.C25H34O5.CH2I2.CH3I/c1-6-19(28)31-25(4)10-8-17-20-16(22(29)30-5)12-14-11-15(26)7-9-23(14,2)21(20)18(27)13-24(17,25)3;1-6-20(27)30-25(4)12-9-19-21-17(22(28)29-5)14-15-13-16(26)7-10-23(15,2)18(21)8-11-24(19,25)3;2-1-3;1-2/h11,16-18,20-21,27H,6-10,12-13H2,1-5H3;8,13,17,19,21H,6-7,9-12,14H2,1-5H3;1H2;1H3/t16-,17?,18-,20?,21?,23+,24+,25+;17-,19?,21?,23+,24+,25+;;/m11../s1. The van der Waals surface area contributed by atoms with Gasteiger partial charge in [0.05, 0.1) is 34.6 Å². The van der Waals surface area contributed by atoms with Gasteiger partial charge in [-0.2, -0.15) is 0 Å². The van der Waals surface area contributed by atoms with Crippen molar-refractivity contribution in [2.75, 3.05) is 21.6 Å². The summed E-state index contributed by atoms with van der Waals surface area (Å²) in [7, 11) is 2.86. The van der Waals surface area contributed by atoms with E-state index in [1.165, 1.54) is 22.2 Å². The number of esters is 4. The molecule has 66 heavy (non-hydrogen) atoms. The van der Waals surface area contributed by atoms with E-state index in [1.807, 2.05) is 18.8 Å². The third kappa shape index (κ3) is 9.56. The first-order valence-corrected chi connectivity index (χ1v) is 29.2. The molecule has 0 saturated heterocycles. The van der Waals surface area contributed by atoms with Crippen LogP contribution in [0.4, 0.5) is 0 Å².